The van der Waals surface area contributed by atoms with Crippen molar-refractivity contribution >= 4 is 22.5 Å². The molecule has 1 fully saturated rings. The van der Waals surface area contributed by atoms with Gasteiger partial charge in [-0.1, -0.05) is 30.3 Å². The number of piperazine rings is 1. The first kappa shape index (κ1) is 20.2. The van der Waals surface area contributed by atoms with Crippen molar-refractivity contribution in [2.24, 2.45) is 0 Å². The van der Waals surface area contributed by atoms with Gasteiger partial charge in [-0.2, -0.15) is 0 Å². The second kappa shape index (κ2) is 8.42. The molecule has 0 saturated carbocycles. The first-order valence-electron chi connectivity index (χ1n) is 11.0. The number of pyridine rings is 2. The van der Waals surface area contributed by atoms with Crippen LogP contribution in [0.5, 0.6) is 0 Å². The molecule has 1 aliphatic rings. The molecule has 1 saturated heterocycles. The van der Waals surface area contributed by atoms with E-state index >= 15 is 0 Å². The maximum atomic E-state index is 13.6. The molecule has 160 valence electrons. The van der Waals surface area contributed by atoms with Gasteiger partial charge in [0.15, 0.2) is 0 Å². The number of aryl methyl sites for hydroxylation is 1. The van der Waals surface area contributed by atoms with Crippen LogP contribution in [-0.2, 0) is 0 Å². The van der Waals surface area contributed by atoms with Crippen LogP contribution in [0.15, 0.2) is 73.1 Å². The lowest BCUT2D eigenvalue weighted by Crippen LogP contribution is -2.49. The predicted molar refractivity (Wildman–Crippen MR) is 129 cm³/mol. The van der Waals surface area contributed by atoms with Gasteiger partial charge in [-0.3, -0.25) is 9.78 Å². The highest BCUT2D eigenvalue weighted by molar-refractivity contribution is 6.07. The number of rotatable bonds is 3. The number of hydrogen-bond acceptors (Lipinski definition) is 4. The van der Waals surface area contributed by atoms with Gasteiger partial charge in [0, 0.05) is 55.2 Å². The number of anilines is 1. The smallest absolute Gasteiger partial charge is 0.254 e. The van der Waals surface area contributed by atoms with E-state index in [-0.39, 0.29) is 5.91 Å². The zero-order valence-corrected chi connectivity index (χ0v) is 18.5. The van der Waals surface area contributed by atoms with Crippen molar-refractivity contribution in [2.75, 3.05) is 31.1 Å². The Kier molecular flexibility index (Phi) is 5.31. The van der Waals surface area contributed by atoms with Crippen molar-refractivity contribution < 1.29 is 4.79 Å². The van der Waals surface area contributed by atoms with Crippen LogP contribution in [0.3, 0.4) is 0 Å². The summed E-state index contributed by atoms with van der Waals surface area (Å²) in [6.07, 6.45) is 3.53. The molecule has 32 heavy (non-hydrogen) atoms. The summed E-state index contributed by atoms with van der Waals surface area (Å²) in [5.41, 5.74) is 7.09. The molecule has 0 radical (unpaired) electrons. The third kappa shape index (κ3) is 3.71. The van der Waals surface area contributed by atoms with Gasteiger partial charge in [0.1, 0.15) is 0 Å². The molecule has 2 aromatic carbocycles. The Balaban J connectivity index is 1.43. The van der Waals surface area contributed by atoms with Crippen LogP contribution in [0.1, 0.15) is 21.5 Å². The van der Waals surface area contributed by atoms with E-state index in [9.17, 15) is 4.79 Å². The summed E-state index contributed by atoms with van der Waals surface area (Å²) in [5.74, 6) is 0.0642. The number of aromatic nitrogens is 2. The Bertz CT molecular complexity index is 1280. The highest BCUT2D eigenvalue weighted by Crippen LogP contribution is 2.27. The molecule has 0 N–H and O–H groups in total. The molecule has 5 rings (SSSR count). The highest BCUT2D eigenvalue weighted by atomic mass is 16.2. The molecular formula is C27H26N4O. The van der Waals surface area contributed by atoms with Gasteiger partial charge in [0.2, 0.25) is 0 Å². The van der Waals surface area contributed by atoms with Gasteiger partial charge in [-0.05, 0) is 55.3 Å². The van der Waals surface area contributed by atoms with E-state index in [2.05, 4.69) is 41.9 Å². The number of hydrogen-bond donors (Lipinski definition) is 0. The summed E-state index contributed by atoms with van der Waals surface area (Å²) in [7, 11) is 0. The van der Waals surface area contributed by atoms with Crippen LogP contribution in [0.2, 0.25) is 0 Å². The summed E-state index contributed by atoms with van der Waals surface area (Å²) in [4.78, 5) is 27.0. The quantitative estimate of drug-likeness (QED) is 0.472. The summed E-state index contributed by atoms with van der Waals surface area (Å²) < 4.78 is 0. The van der Waals surface area contributed by atoms with Crippen molar-refractivity contribution in [1.82, 2.24) is 14.9 Å². The molecule has 0 spiro atoms. The monoisotopic (exact) mass is 422 g/mol. The molecule has 1 aliphatic heterocycles. The number of carbonyl (C=O) groups excluding carboxylic acids is 1. The average molecular weight is 423 g/mol. The van der Waals surface area contributed by atoms with Gasteiger partial charge in [0.05, 0.1) is 16.8 Å². The van der Waals surface area contributed by atoms with E-state index in [0.29, 0.717) is 18.7 Å². The lowest BCUT2D eigenvalue weighted by molar-refractivity contribution is 0.0748. The molecule has 0 aliphatic carbocycles. The van der Waals surface area contributed by atoms with Gasteiger partial charge in [-0.25, -0.2) is 4.98 Å². The zero-order valence-electron chi connectivity index (χ0n) is 18.5. The van der Waals surface area contributed by atoms with Crippen LogP contribution in [-0.4, -0.2) is 47.0 Å². The number of nitrogens with zero attached hydrogens (tertiary/aromatic N) is 4. The van der Waals surface area contributed by atoms with Crippen LogP contribution < -0.4 is 4.90 Å². The van der Waals surface area contributed by atoms with Gasteiger partial charge in [0.25, 0.3) is 5.91 Å². The predicted octanol–water partition coefficient (Wildman–Crippen LogP) is 4.88. The topological polar surface area (TPSA) is 49.3 Å². The summed E-state index contributed by atoms with van der Waals surface area (Å²) in [6.45, 7) is 7.37. The molecule has 0 unspecified atom stereocenters. The average Bonchev–Trinajstić information content (AvgIpc) is 2.85. The van der Waals surface area contributed by atoms with Crippen molar-refractivity contribution in [1.29, 1.82) is 0 Å². The Morgan fingerprint density at radius 2 is 1.72 bits per heavy atom. The van der Waals surface area contributed by atoms with Crippen molar-refractivity contribution in [2.45, 2.75) is 13.8 Å². The van der Waals surface area contributed by atoms with Crippen LogP contribution in [0.25, 0.3) is 22.2 Å². The highest BCUT2D eigenvalue weighted by Gasteiger charge is 2.25. The number of carbonyl (C=O) groups is 1. The third-order valence-corrected chi connectivity index (χ3v) is 6.39. The fraction of sp³-hybridized carbons (Fsp3) is 0.222. The first-order chi connectivity index (χ1) is 15.6. The summed E-state index contributed by atoms with van der Waals surface area (Å²) >= 11 is 0. The Morgan fingerprint density at radius 1 is 0.906 bits per heavy atom. The maximum Gasteiger partial charge on any atom is 0.254 e. The molecule has 0 atom stereocenters. The minimum absolute atomic E-state index is 0.0642. The molecule has 5 nitrogen and oxygen atoms in total. The molecule has 2 aromatic heterocycles. The Morgan fingerprint density at radius 3 is 2.50 bits per heavy atom. The molecule has 0 bridgehead atoms. The second-order valence-electron chi connectivity index (χ2n) is 8.31. The van der Waals surface area contributed by atoms with Crippen molar-refractivity contribution in [3.8, 4) is 11.3 Å². The normalized spacial score (nSPS) is 14.1. The van der Waals surface area contributed by atoms with E-state index in [0.717, 1.165) is 35.2 Å². The number of para-hydroxylation sites is 1. The number of amides is 1. The third-order valence-electron chi connectivity index (χ3n) is 6.39. The van der Waals surface area contributed by atoms with Crippen LogP contribution in [0, 0.1) is 13.8 Å². The lowest BCUT2D eigenvalue weighted by Gasteiger charge is -2.37. The first-order valence-corrected chi connectivity index (χ1v) is 11.0. The van der Waals surface area contributed by atoms with E-state index in [1.165, 1.54) is 16.8 Å². The fourth-order valence-corrected chi connectivity index (χ4v) is 4.41. The second-order valence-corrected chi connectivity index (χ2v) is 8.31. The van der Waals surface area contributed by atoms with E-state index in [1.807, 2.05) is 47.4 Å². The van der Waals surface area contributed by atoms with Crippen LogP contribution >= 0.6 is 0 Å². The summed E-state index contributed by atoms with van der Waals surface area (Å²) in [6, 6.07) is 20.1. The lowest BCUT2D eigenvalue weighted by atomic mass is 10.0. The number of fused-ring (bicyclic) bond motifs is 1. The van der Waals surface area contributed by atoms with Crippen molar-refractivity contribution in [3.63, 3.8) is 0 Å². The minimum Gasteiger partial charge on any atom is -0.368 e. The SMILES string of the molecule is Cc1cccc(N2CCN(C(=O)c3cc(-c4cccnc4)nc4ccccc34)CC2)c1C. The Labute approximate surface area is 188 Å². The van der Waals surface area contributed by atoms with Gasteiger partial charge in [-0.15, -0.1) is 0 Å². The van der Waals surface area contributed by atoms with E-state index in [1.54, 1.807) is 12.4 Å². The fourth-order valence-electron chi connectivity index (χ4n) is 4.41. The Hall–Kier alpha value is -3.73. The molecule has 1 amide bonds. The zero-order chi connectivity index (χ0) is 22.1. The summed E-state index contributed by atoms with van der Waals surface area (Å²) in [5, 5.41) is 0.891. The molecule has 3 heterocycles. The largest absolute Gasteiger partial charge is 0.368 e. The van der Waals surface area contributed by atoms with Crippen molar-refractivity contribution in [3.05, 3.63) is 89.7 Å². The molecule has 5 heteroatoms. The van der Waals surface area contributed by atoms with Gasteiger partial charge >= 0.3 is 0 Å². The number of benzene rings is 2. The molecule has 4 aromatic rings. The van der Waals surface area contributed by atoms with E-state index in [4.69, 9.17) is 4.98 Å². The van der Waals surface area contributed by atoms with Gasteiger partial charge < -0.3 is 9.80 Å². The molecular weight excluding hydrogens is 396 g/mol. The van der Waals surface area contributed by atoms with Crippen LogP contribution in [0.4, 0.5) is 5.69 Å². The van der Waals surface area contributed by atoms with E-state index < -0.39 is 0 Å². The maximum absolute atomic E-state index is 13.6. The standard InChI is InChI=1S/C27H26N4O/c1-19-7-5-11-26(20(19)2)30-13-15-31(16-14-30)27(32)23-17-25(21-8-6-12-28-18-21)29-24-10-4-3-9-22(23)24/h3-12,17-18H,13-16H2,1-2H3. The minimum atomic E-state index is 0.0642.